The van der Waals surface area contributed by atoms with Gasteiger partial charge in [-0.05, 0) is 28.1 Å². The molecular weight excluding hydrogens is 308 g/mol. The zero-order chi connectivity index (χ0) is 16.8. The predicted octanol–water partition coefficient (Wildman–Crippen LogP) is 0.485. The minimum absolute atomic E-state index is 0.166. The summed E-state index contributed by atoms with van der Waals surface area (Å²) in [5.41, 5.74) is 10.1. The van der Waals surface area contributed by atoms with Gasteiger partial charge in [-0.2, -0.15) is 5.10 Å². The lowest BCUT2D eigenvalue weighted by molar-refractivity contribution is 0.0954. The lowest BCUT2D eigenvalue weighted by Crippen LogP contribution is -2.23. The summed E-state index contributed by atoms with van der Waals surface area (Å²) in [6.45, 7) is 0.222. The molecule has 0 unspecified atom stereocenters. The topological polar surface area (TPSA) is 124 Å². The summed E-state index contributed by atoms with van der Waals surface area (Å²) in [4.78, 5) is 16.0. The molecule has 2 heterocycles. The molecule has 0 aliphatic heterocycles. The third-order valence-corrected chi connectivity index (χ3v) is 3.20. The molecule has 24 heavy (non-hydrogen) atoms. The zero-order valence-corrected chi connectivity index (χ0v) is 12.6. The Labute approximate surface area is 137 Å². The number of benzene rings is 1. The average Bonchev–Trinajstić information content (AvgIpc) is 3.04. The number of rotatable bonds is 5. The van der Waals surface area contributed by atoms with E-state index in [4.69, 9.17) is 5.73 Å². The summed E-state index contributed by atoms with van der Waals surface area (Å²) in [7, 11) is 0. The van der Waals surface area contributed by atoms with E-state index in [9.17, 15) is 4.79 Å². The fourth-order valence-electron chi connectivity index (χ4n) is 1.97. The number of nitrogens with one attached hydrogen (secondary N) is 1. The number of hydrogen-bond acceptors (Lipinski definition) is 7. The predicted molar refractivity (Wildman–Crippen MR) is 86.9 cm³/mol. The SMILES string of the molecule is Nc1nnnn1CC(=NNC(=O)c1ccncc1)c1ccccc1. The van der Waals surface area contributed by atoms with Crippen LogP contribution in [0.2, 0.25) is 0 Å². The molecule has 1 amide bonds. The highest BCUT2D eigenvalue weighted by Crippen LogP contribution is 2.05. The quantitative estimate of drug-likeness (QED) is 0.520. The molecule has 1 aromatic carbocycles. The zero-order valence-electron chi connectivity index (χ0n) is 12.6. The summed E-state index contributed by atoms with van der Waals surface area (Å²) in [5.74, 6) is -0.172. The maximum Gasteiger partial charge on any atom is 0.271 e. The van der Waals surface area contributed by atoms with Crippen molar-refractivity contribution in [1.82, 2.24) is 30.6 Å². The first-order valence-corrected chi connectivity index (χ1v) is 7.08. The Hall–Kier alpha value is -3.62. The maximum absolute atomic E-state index is 12.1. The molecule has 9 heteroatoms. The van der Waals surface area contributed by atoms with Crippen molar-refractivity contribution in [2.24, 2.45) is 5.10 Å². The average molecular weight is 322 g/mol. The van der Waals surface area contributed by atoms with Gasteiger partial charge in [0, 0.05) is 18.0 Å². The molecule has 0 aliphatic rings. The van der Waals surface area contributed by atoms with Gasteiger partial charge >= 0.3 is 0 Å². The van der Waals surface area contributed by atoms with Crippen LogP contribution >= 0.6 is 0 Å². The Morgan fingerprint density at radius 2 is 1.88 bits per heavy atom. The second kappa shape index (κ2) is 7.09. The highest BCUT2D eigenvalue weighted by atomic mass is 16.2. The minimum Gasteiger partial charge on any atom is -0.367 e. The van der Waals surface area contributed by atoms with Crippen LogP contribution in [0.1, 0.15) is 15.9 Å². The molecular formula is C15H14N8O. The van der Waals surface area contributed by atoms with Crippen LogP contribution in [0.3, 0.4) is 0 Å². The van der Waals surface area contributed by atoms with Crippen molar-refractivity contribution in [3.05, 3.63) is 66.0 Å². The van der Waals surface area contributed by atoms with E-state index in [1.165, 1.54) is 4.68 Å². The van der Waals surface area contributed by atoms with E-state index in [2.05, 4.69) is 31.0 Å². The smallest absolute Gasteiger partial charge is 0.271 e. The normalized spacial score (nSPS) is 11.2. The number of tetrazole rings is 1. The molecule has 0 bridgehead atoms. The molecule has 3 N–H and O–H groups in total. The lowest BCUT2D eigenvalue weighted by Gasteiger charge is -2.08. The van der Waals surface area contributed by atoms with Gasteiger partial charge in [0.15, 0.2) is 0 Å². The molecule has 0 radical (unpaired) electrons. The van der Waals surface area contributed by atoms with Crippen LogP contribution < -0.4 is 11.2 Å². The number of carbonyl (C=O) groups is 1. The number of aromatic nitrogens is 5. The largest absolute Gasteiger partial charge is 0.367 e. The van der Waals surface area contributed by atoms with Crippen molar-refractivity contribution in [3.8, 4) is 0 Å². The van der Waals surface area contributed by atoms with Gasteiger partial charge in [0.25, 0.3) is 5.91 Å². The van der Waals surface area contributed by atoms with Gasteiger partial charge in [-0.15, -0.1) is 0 Å². The van der Waals surface area contributed by atoms with Gasteiger partial charge < -0.3 is 5.73 Å². The highest BCUT2D eigenvalue weighted by molar-refractivity contribution is 6.02. The van der Waals surface area contributed by atoms with Gasteiger partial charge in [0.2, 0.25) is 5.95 Å². The van der Waals surface area contributed by atoms with E-state index in [1.807, 2.05) is 30.3 Å². The van der Waals surface area contributed by atoms with Crippen molar-refractivity contribution in [3.63, 3.8) is 0 Å². The number of anilines is 1. The second-order valence-corrected chi connectivity index (χ2v) is 4.80. The van der Waals surface area contributed by atoms with Gasteiger partial charge in [-0.25, -0.2) is 10.1 Å². The summed E-state index contributed by atoms with van der Waals surface area (Å²) >= 11 is 0. The molecule has 3 aromatic rings. The number of amides is 1. The third kappa shape index (κ3) is 3.58. The number of carbonyl (C=O) groups excluding carboxylic acids is 1. The molecule has 9 nitrogen and oxygen atoms in total. The number of nitrogens with two attached hydrogens (primary N) is 1. The molecule has 3 rings (SSSR count). The van der Waals surface area contributed by atoms with E-state index in [0.717, 1.165) is 5.56 Å². The molecule has 0 saturated heterocycles. The van der Waals surface area contributed by atoms with Gasteiger partial charge in [0.1, 0.15) is 0 Å². The lowest BCUT2D eigenvalue weighted by atomic mass is 10.1. The first-order chi connectivity index (χ1) is 11.7. The van der Waals surface area contributed by atoms with Crippen molar-refractivity contribution >= 4 is 17.6 Å². The molecule has 2 aromatic heterocycles. The van der Waals surface area contributed by atoms with Crippen LogP contribution in [-0.4, -0.2) is 36.8 Å². The van der Waals surface area contributed by atoms with Crippen molar-refractivity contribution in [2.75, 3.05) is 5.73 Å². The van der Waals surface area contributed by atoms with E-state index in [1.54, 1.807) is 24.5 Å². The van der Waals surface area contributed by atoms with Crippen LogP contribution in [0, 0.1) is 0 Å². The van der Waals surface area contributed by atoms with Gasteiger partial charge in [-0.1, -0.05) is 35.4 Å². The fraction of sp³-hybridized carbons (Fsp3) is 0.0667. The third-order valence-electron chi connectivity index (χ3n) is 3.20. The van der Waals surface area contributed by atoms with E-state index in [-0.39, 0.29) is 18.4 Å². The second-order valence-electron chi connectivity index (χ2n) is 4.80. The Morgan fingerprint density at radius 3 is 2.54 bits per heavy atom. The highest BCUT2D eigenvalue weighted by Gasteiger charge is 2.10. The van der Waals surface area contributed by atoms with Crippen LogP contribution in [0.5, 0.6) is 0 Å². The Balaban J connectivity index is 1.84. The minimum atomic E-state index is -0.337. The molecule has 0 atom stereocenters. The van der Waals surface area contributed by atoms with Crippen LogP contribution in [0.15, 0.2) is 60.0 Å². The standard InChI is InChI=1S/C15H14N8O/c16-15-20-21-22-23(15)10-13(11-4-2-1-3-5-11)18-19-14(24)12-6-8-17-9-7-12/h1-9H,10H2,(H,19,24)(H2,16,20,22). The fourth-order valence-corrected chi connectivity index (χ4v) is 1.97. The van der Waals surface area contributed by atoms with Crippen LogP contribution in [0.25, 0.3) is 0 Å². The van der Waals surface area contributed by atoms with Crippen molar-refractivity contribution in [2.45, 2.75) is 6.54 Å². The summed E-state index contributed by atoms with van der Waals surface area (Å²) in [6, 6.07) is 12.6. The summed E-state index contributed by atoms with van der Waals surface area (Å²) in [5, 5.41) is 15.1. The summed E-state index contributed by atoms with van der Waals surface area (Å²) < 4.78 is 1.39. The Kier molecular flexibility index (Phi) is 4.52. The first kappa shape index (κ1) is 15.3. The molecule has 0 aliphatic carbocycles. The van der Waals surface area contributed by atoms with Crippen molar-refractivity contribution < 1.29 is 4.79 Å². The number of nitrogen functional groups attached to an aromatic ring is 1. The Morgan fingerprint density at radius 1 is 1.12 bits per heavy atom. The monoisotopic (exact) mass is 322 g/mol. The van der Waals surface area contributed by atoms with Gasteiger partial charge in [0.05, 0.1) is 12.3 Å². The maximum atomic E-state index is 12.1. The summed E-state index contributed by atoms with van der Waals surface area (Å²) in [6.07, 6.45) is 3.08. The molecule has 0 fully saturated rings. The number of pyridine rings is 1. The number of hydrogen-bond donors (Lipinski definition) is 2. The van der Waals surface area contributed by atoms with E-state index < -0.39 is 0 Å². The first-order valence-electron chi connectivity index (χ1n) is 7.08. The molecule has 120 valence electrons. The molecule has 0 saturated carbocycles. The van der Waals surface area contributed by atoms with Crippen LogP contribution in [-0.2, 0) is 6.54 Å². The Bertz CT molecular complexity index is 844. The number of hydrazone groups is 1. The number of nitrogens with zero attached hydrogens (tertiary/aromatic N) is 6. The van der Waals surface area contributed by atoms with E-state index in [0.29, 0.717) is 11.3 Å². The van der Waals surface area contributed by atoms with Gasteiger partial charge in [-0.3, -0.25) is 9.78 Å². The van der Waals surface area contributed by atoms with Crippen molar-refractivity contribution in [1.29, 1.82) is 0 Å². The molecule has 0 spiro atoms. The van der Waals surface area contributed by atoms with Crippen LogP contribution in [0.4, 0.5) is 5.95 Å². The van der Waals surface area contributed by atoms with E-state index >= 15 is 0 Å².